The molecule has 0 saturated carbocycles. The van der Waals surface area contributed by atoms with Crippen LogP contribution in [0.5, 0.6) is 0 Å². The minimum absolute atomic E-state index is 0.175. The first-order chi connectivity index (χ1) is 10.8. The molecule has 5 nitrogen and oxygen atoms in total. The van der Waals surface area contributed by atoms with E-state index in [-0.39, 0.29) is 17.3 Å². The predicted molar refractivity (Wildman–Crippen MR) is 90.8 cm³/mol. The Hall–Kier alpha value is -2.18. The van der Waals surface area contributed by atoms with Gasteiger partial charge in [-0.25, -0.2) is 8.42 Å². The van der Waals surface area contributed by atoms with Gasteiger partial charge in [-0.05, 0) is 38.1 Å². The smallest absolute Gasteiger partial charge is 0.243 e. The Balaban J connectivity index is 2.05. The van der Waals surface area contributed by atoms with E-state index < -0.39 is 10.0 Å². The molecular weight excluding hydrogens is 312 g/mol. The highest BCUT2D eigenvalue weighted by Gasteiger charge is 2.22. The van der Waals surface area contributed by atoms with Crippen LogP contribution >= 0.6 is 0 Å². The number of hydrogen-bond acceptors (Lipinski definition) is 3. The van der Waals surface area contributed by atoms with Crippen molar-refractivity contribution >= 4 is 21.6 Å². The Morgan fingerprint density at radius 2 is 1.43 bits per heavy atom. The Morgan fingerprint density at radius 3 is 1.96 bits per heavy atom. The number of hydrogen-bond donors (Lipinski definition) is 1. The number of benzene rings is 2. The van der Waals surface area contributed by atoms with Gasteiger partial charge in [0.2, 0.25) is 15.9 Å². The Kier molecular flexibility index (Phi) is 5.18. The second kappa shape index (κ2) is 6.93. The molecule has 2 aromatic rings. The van der Waals surface area contributed by atoms with Crippen LogP contribution in [-0.2, 0) is 14.8 Å². The number of nitrogens with one attached hydrogen (secondary N) is 1. The van der Waals surface area contributed by atoms with E-state index in [4.69, 9.17) is 0 Å². The van der Waals surface area contributed by atoms with Gasteiger partial charge in [0.15, 0.2) is 0 Å². The second-order valence-electron chi connectivity index (χ2n) is 5.49. The molecule has 0 aliphatic carbocycles. The number of likely N-dealkylation sites (N-methyl/N-ethyl adjacent to an activating group) is 1. The van der Waals surface area contributed by atoms with Gasteiger partial charge in [0.1, 0.15) is 0 Å². The molecule has 0 unspecified atom stereocenters. The third kappa shape index (κ3) is 4.40. The average Bonchev–Trinajstić information content (AvgIpc) is 2.50. The van der Waals surface area contributed by atoms with Crippen LogP contribution in [0.2, 0.25) is 0 Å². The lowest BCUT2D eigenvalue weighted by Crippen LogP contribution is -2.34. The van der Waals surface area contributed by atoms with E-state index in [0.29, 0.717) is 5.69 Å². The van der Waals surface area contributed by atoms with Gasteiger partial charge in [0.05, 0.1) is 11.4 Å². The van der Waals surface area contributed by atoms with Crippen LogP contribution in [0.4, 0.5) is 5.69 Å². The van der Waals surface area contributed by atoms with Gasteiger partial charge in [-0.3, -0.25) is 4.79 Å². The number of anilines is 1. The van der Waals surface area contributed by atoms with Crippen molar-refractivity contribution in [3.05, 3.63) is 59.7 Å². The first kappa shape index (κ1) is 17.2. The molecule has 0 aliphatic heterocycles. The third-order valence-corrected chi connectivity index (χ3v) is 5.25. The maximum Gasteiger partial charge on any atom is 0.243 e. The van der Waals surface area contributed by atoms with Crippen LogP contribution in [0.1, 0.15) is 11.1 Å². The fraction of sp³-hybridized carbons (Fsp3) is 0.235. The molecule has 1 amide bonds. The lowest BCUT2D eigenvalue weighted by Gasteiger charge is -2.17. The summed E-state index contributed by atoms with van der Waals surface area (Å²) in [7, 11) is -2.28. The monoisotopic (exact) mass is 332 g/mol. The van der Waals surface area contributed by atoms with E-state index in [9.17, 15) is 13.2 Å². The Bertz CT molecular complexity index is 782. The molecule has 2 aromatic carbocycles. The minimum Gasteiger partial charge on any atom is -0.325 e. The number of carbonyl (C=O) groups is 1. The summed E-state index contributed by atoms with van der Waals surface area (Å²) in [5.74, 6) is -0.382. The molecule has 23 heavy (non-hydrogen) atoms. The molecule has 2 rings (SSSR count). The summed E-state index contributed by atoms with van der Waals surface area (Å²) in [6.07, 6.45) is 0. The topological polar surface area (TPSA) is 66.5 Å². The molecule has 0 radical (unpaired) electrons. The van der Waals surface area contributed by atoms with E-state index in [1.165, 1.54) is 7.05 Å². The Morgan fingerprint density at radius 1 is 0.957 bits per heavy atom. The summed E-state index contributed by atoms with van der Waals surface area (Å²) in [5.41, 5.74) is 2.70. The summed E-state index contributed by atoms with van der Waals surface area (Å²) in [6, 6.07) is 13.9. The summed E-state index contributed by atoms with van der Waals surface area (Å²) in [6.45, 7) is 3.59. The molecule has 122 valence electrons. The van der Waals surface area contributed by atoms with Crippen molar-refractivity contribution in [3.8, 4) is 0 Å². The molecular formula is C17H20N2O3S. The van der Waals surface area contributed by atoms with E-state index >= 15 is 0 Å². The molecule has 1 N–H and O–H groups in total. The van der Waals surface area contributed by atoms with Crippen molar-refractivity contribution in [2.45, 2.75) is 18.7 Å². The zero-order valence-corrected chi connectivity index (χ0v) is 14.2. The zero-order valence-electron chi connectivity index (χ0n) is 13.4. The van der Waals surface area contributed by atoms with Crippen molar-refractivity contribution in [1.82, 2.24) is 4.31 Å². The third-order valence-electron chi connectivity index (χ3n) is 3.43. The van der Waals surface area contributed by atoms with Gasteiger partial charge < -0.3 is 5.32 Å². The second-order valence-corrected chi connectivity index (χ2v) is 7.53. The quantitative estimate of drug-likeness (QED) is 0.915. The average molecular weight is 332 g/mol. The number of sulfonamides is 1. The fourth-order valence-corrected chi connectivity index (χ4v) is 3.14. The summed E-state index contributed by atoms with van der Waals surface area (Å²) >= 11 is 0. The number of nitrogens with zero attached hydrogens (tertiary/aromatic N) is 1. The summed E-state index contributed by atoms with van der Waals surface area (Å²) in [5, 5.41) is 2.69. The van der Waals surface area contributed by atoms with Crippen LogP contribution < -0.4 is 5.32 Å². The zero-order chi connectivity index (χ0) is 17.0. The van der Waals surface area contributed by atoms with Crippen molar-refractivity contribution in [3.63, 3.8) is 0 Å². The molecule has 0 fully saturated rings. The number of carbonyl (C=O) groups excluding carboxylic acids is 1. The first-order valence-electron chi connectivity index (χ1n) is 7.18. The highest BCUT2D eigenvalue weighted by molar-refractivity contribution is 7.89. The van der Waals surface area contributed by atoms with Crippen molar-refractivity contribution < 1.29 is 13.2 Å². The van der Waals surface area contributed by atoms with Crippen LogP contribution in [0, 0.1) is 13.8 Å². The molecule has 0 atom stereocenters. The van der Waals surface area contributed by atoms with Gasteiger partial charge in [0, 0.05) is 12.7 Å². The van der Waals surface area contributed by atoms with Gasteiger partial charge in [-0.15, -0.1) is 0 Å². The molecule has 6 heteroatoms. The fourth-order valence-electron chi connectivity index (χ4n) is 2.01. The lowest BCUT2D eigenvalue weighted by atomic mass is 10.2. The van der Waals surface area contributed by atoms with E-state index in [2.05, 4.69) is 5.32 Å². The van der Waals surface area contributed by atoms with Crippen LogP contribution in [0.25, 0.3) is 0 Å². The maximum atomic E-state index is 12.4. The molecule has 0 saturated heterocycles. The van der Waals surface area contributed by atoms with Crippen molar-refractivity contribution in [2.24, 2.45) is 0 Å². The standard InChI is InChI=1S/C17H20N2O3S/c1-13-4-8-15(9-5-13)18-17(20)12-19(3)23(21,22)16-10-6-14(2)7-11-16/h4-11H,12H2,1-3H3,(H,18,20). The molecule has 0 aromatic heterocycles. The molecule has 0 spiro atoms. The van der Waals surface area contributed by atoms with Crippen LogP contribution in [0.3, 0.4) is 0 Å². The van der Waals surface area contributed by atoms with E-state index in [1.807, 2.05) is 26.0 Å². The summed E-state index contributed by atoms with van der Waals surface area (Å²) in [4.78, 5) is 12.2. The SMILES string of the molecule is Cc1ccc(NC(=O)CN(C)S(=O)(=O)c2ccc(C)cc2)cc1. The number of amides is 1. The predicted octanol–water partition coefficient (Wildman–Crippen LogP) is 2.56. The largest absolute Gasteiger partial charge is 0.325 e. The highest BCUT2D eigenvalue weighted by atomic mass is 32.2. The van der Waals surface area contributed by atoms with Gasteiger partial charge in [-0.2, -0.15) is 4.31 Å². The maximum absolute atomic E-state index is 12.4. The number of aryl methyl sites for hydroxylation is 2. The normalized spacial score (nSPS) is 11.5. The van der Waals surface area contributed by atoms with Crippen LogP contribution in [0.15, 0.2) is 53.4 Å². The van der Waals surface area contributed by atoms with Crippen LogP contribution in [-0.4, -0.2) is 32.2 Å². The van der Waals surface area contributed by atoms with Gasteiger partial charge in [-0.1, -0.05) is 35.4 Å². The highest BCUT2D eigenvalue weighted by Crippen LogP contribution is 2.15. The number of rotatable bonds is 5. The van der Waals surface area contributed by atoms with E-state index in [0.717, 1.165) is 15.4 Å². The molecule has 0 bridgehead atoms. The Labute approximate surface area is 137 Å². The van der Waals surface area contributed by atoms with Crippen molar-refractivity contribution in [2.75, 3.05) is 18.9 Å². The first-order valence-corrected chi connectivity index (χ1v) is 8.62. The van der Waals surface area contributed by atoms with Crippen molar-refractivity contribution in [1.29, 1.82) is 0 Å². The summed E-state index contributed by atoms with van der Waals surface area (Å²) < 4.78 is 25.9. The lowest BCUT2D eigenvalue weighted by molar-refractivity contribution is -0.116. The van der Waals surface area contributed by atoms with Gasteiger partial charge in [0.25, 0.3) is 0 Å². The minimum atomic E-state index is -3.68. The molecule has 0 aliphatic rings. The molecule has 0 heterocycles. The van der Waals surface area contributed by atoms with Gasteiger partial charge >= 0.3 is 0 Å². The van der Waals surface area contributed by atoms with E-state index in [1.54, 1.807) is 36.4 Å².